The highest BCUT2D eigenvalue weighted by Gasteiger charge is 2.15. The van der Waals surface area contributed by atoms with Crippen LogP contribution in [0.5, 0.6) is 0 Å². The van der Waals surface area contributed by atoms with Gasteiger partial charge in [-0.25, -0.2) is 4.79 Å². The monoisotopic (exact) mass is 335 g/mol. The summed E-state index contributed by atoms with van der Waals surface area (Å²) in [4.78, 5) is 37.1. The second-order valence-corrected chi connectivity index (χ2v) is 5.23. The molecule has 8 heteroatoms. The van der Waals surface area contributed by atoms with E-state index in [4.69, 9.17) is 4.74 Å². The van der Waals surface area contributed by atoms with E-state index in [1.165, 1.54) is 31.4 Å². The third kappa shape index (κ3) is 5.32. The molecule has 0 saturated carbocycles. The molecule has 1 saturated heterocycles. The maximum absolute atomic E-state index is 11.8. The van der Waals surface area contributed by atoms with Gasteiger partial charge in [-0.1, -0.05) is 0 Å². The zero-order valence-corrected chi connectivity index (χ0v) is 13.5. The van der Waals surface area contributed by atoms with Gasteiger partial charge in [-0.05, 0) is 24.3 Å². The lowest BCUT2D eigenvalue weighted by molar-refractivity contribution is -0.136. The summed E-state index contributed by atoms with van der Waals surface area (Å²) in [5.74, 6) is -1.91. The van der Waals surface area contributed by atoms with Crippen LogP contribution in [0.1, 0.15) is 10.4 Å². The summed E-state index contributed by atoms with van der Waals surface area (Å²) in [6.45, 7) is 4.11. The Morgan fingerprint density at radius 3 is 2.42 bits per heavy atom. The van der Waals surface area contributed by atoms with Crippen molar-refractivity contribution in [3.8, 4) is 0 Å². The number of benzene rings is 1. The van der Waals surface area contributed by atoms with E-state index < -0.39 is 17.8 Å². The van der Waals surface area contributed by atoms with Crippen LogP contribution in [0.3, 0.4) is 0 Å². The van der Waals surface area contributed by atoms with E-state index in [1.54, 1.807) is 0 Å². The van der Waals surface area contributed by atoms with E-state index in [1.807, 2.05) is 0 Å². The number of hydrogen-bond acceptors (Lipinski definition) is 6. The van der Waals surface area contributed by atoms with Crippen LogP contribution in [0, 0.1) is 0 Å². The van der Waals surface area contributed by atoms with E-state index in [2.05, 4.69) is 20.3 Å². The molecule has 2 N–H and O–H groups in total. The number of nitrogens with one attached hydrogen (secondary N) is 2. The van der Waals surface area contributed by atoms with Gasteiger partial charge >= 0.3 is 17.8 Å². The van der Waals surface area contributed by atoms with E-state index in [9.17, 15) is 14.4 Å². The van der Waals surface area contributed by atoms with Crippen LogP contribution in [0.2, 0.25) is 0 Å². The number of carbonyl (C=O) groups excluding carboxylic acids is 3. The molecule has 0 atom stereocenters. The highest BCUT2D eigenvalue weighted by Crippen LogP contribution is 2.10. The second-order valence-electron chi connectivity index (χ2n) is 5.23. The van der Waals surface area contributed by atoms with E-state index in [-0.39, 0.29) is 0 Å². The molecule has 0 aliphatic carbocycles. The second kappa shape index (κ2) is 8.99. The van der Waals surface area contributed by atoms with Crippen LogP contribution in [-0.4, -0.2) is 69.2 Å². The molecule has 0 bridgehead atoms. The number of morpholine rings is 1. The minimum atomic E-state index is -0.747. The number of methoxy groups -OCH3 is 1. The van der Waals surface area contributed by atoms with Crippen LogP contribution in [0.25, 0.3) is 0 Å². The van der Waals surface area contributed by atoms with Gasteiger partial charge in [0, 0.05) is 31.9 Å². The fourth-order valence-electron chi connectivity index (χ4n) is 2.23. The summed E-state index contributed by atoms with van der Waals surface area (Å²) >= 11 is 0. The summed E-state index contributed by atoms with van der Waals surface area (Å²) in [5.41, 5.74) is 0.793. The Morgan fingerprint density at radius 2 is 1.79 bits per heavy atom. The average molecular weight is 335 g/mol. The number of esters is 1. The van der Waals surface area contributed by atoms with Gasteiger partial charge in [0.05, 0.1) is 25.9 Å². The molecule has 0 spiro atoms. The molecule has 1 fully saturated rings. The van der Waals surface area contributed by atoms with E-state index in [0.717, 1.165) is 13.1 Å². The summed E-state index contributed by atoms with van der Waals surface area (Å²) in [5, 5.41) is 5.06. The predicted octanol–water partition coefficient (Wildman–Crippen LogP) is -0.140. The lowest BCUT2D eigenvalue weighted by Crippen LogP contribution is -2.43. The minimum absolute atomic E-state index is 0.366. The molecular weight excluding hydrogens is 314 g/mol. The van der Waals surface area contributed by atoms with E-state index in [0.29, 0.717) is 37.6 Å². The molecule has 130 valence electrons. The van der Waals surface area contributed by atoms with Crippen molar-refractivity contribution in [1.29, 1.82) is 0 Å². The van der Waals surface area contributed by atoms with Crippen molar-refractivity contribution in [2.24, 2.45) is 0 Å². The Labute approximate surface area is 140 Å². The van der Waals surface area contributed by atoms with Crippen molar-refractivity contribution >= 4 is 23.5 Å². The molecule has 0 radical (unpaired) electrons. The number of amides is 2. The average Bonchev–Trinajstić information content (AvgIpc) is 2.62. The topological polar surface area (TPSA) is 97.0 Å². The van der Waals surface area contributed by atoms with Crippen molar-refractivity contribution in [1.82, 2.24) is 10.2 Å². The number of rotatable bonds is 5. The molecule has 1 aromatic carbocycles. The Hall–Kier alpha value is -2.45. The first kappa shape index (κ1) is 17.9. The van der Waals surface area contributed by atoms with Crippen molar-refractivity contribution in [3.63, 3.8) is 0 Å². The first-order chi connectivity index (χ1) is 11.6. The number of anilines is 1. The molecule has 1 aliphatic rings. The number of ether oxygens (including phenoxy) is 2. The molecule has 24 heavy (non-hydrogen) atoms. The first-order valence-electron chi connectivity index (χ1n) is 7.68. The molecular formula is C16H21N3O5. The number of hydrogen-bond donors (Lipinski definition) is 2. The van der Waals surface area contributed by atoms with Gasteiger partial charge in [-0.3, -0.25) is 14.5 Å². The van der Waals surface area contributed by atoms with Crippen LogP contribution >= 0.6 is 0 Å². The largest absolute Gasteiger partial charge is 0.465 e. The quantitative estimate of drug-likeness (QED) is 0.574. The van der Waals surface area contributed by atoms with Gasteiger partial charge in [0.2, 0.25) is 0 Å². The van der Waals surface area contributed by atoms with Crippen molar-refractivity contribution in [3.05, 3.63) is 29.8 Å². The number of nitrogens with zero attached hydrogens (tertiary/aromatic N) is 1. The van der Waals surface area contributed by atoms with Crippen LogP contribution < -0.4 is 10.6 Å². The van der Waals surface area contributed by atoms with Crippen LogP contribution in [0.4, 0.5) is 5.69 Å². The molecule has 1 aliphatic heterocycles. The summed E-state index contributed by atoms with van der Waals surface area (Å²) in [6, 6.07) is 6.09. The summed E-state index contributed by atoms with van der Waals surface area (Å²) in [7, 11) is 1.29. The van der Waals surface area contributed by atoms with Gasteiger partial charge in [0.15, 0.2) is 0 Å². The standard InChI is InChI=1S/C16H21N3O5/c1-23-16(22)12-2-4-13(5-3-12)18-15(21)14(20)17-6-7-19-8-10-24-11-9-19/h2-5H,6-11H2,1H3,(H,17,20)(H,18,21). The maximum Gasteiger partial charge on any atom is 0.337 e. The fourth-order valence-corrected chi connectivity index (χ4v) is 2.23. The van der Waals surface area contributed by atoms with Gasteiger partial charge < -0.3 is 20.1 Å². The third-order valence-electron chi connectivity index (χ3n) is 3.59. The molecule has 8 nitrogen and oxygen atoms in total. The van der Waals surface area contributed by atoms with E-state index >= 15 is 0 Å². The molecule has 2 amide bonds. The normalized spacial score (nSPS) is 14.7. The van der Waals surface area contributed by atoms with Gasteiger partial charge in [-0.15, -0.1) is 0 Å². The minimum Gasteiger partial charge on any atom is -0.465 e. The number of carbonyl (C=O) groups is 3. The SMILES string of the molecule is COC(=O)c1ccc(NC(=O)C(=O)NCCN2CCOCC2)cc1. The smallest absolute Gasteiger partial charge is 0.337 e. The molecule has 1 heterocycles. The molecule has 2 rings (SSSR count). The van der Waals surface area contributed by atoms with Crippen molar-refractivity contribution in [2.45, 2.75) is 0 Å². The zero-order chi connectivity index (χ0) is 17.4. The van der Waals surface area contributed by atoms with Gasteiger partial charge in [0.1, 0.15) is 0 Å². The predicted molar refractivity (Wildman–Crippen MR) is 86.7 cm³/mol. The zero-order valence-electron chi connectivity index (χ0n) is 13.5. The summed E-state index contributed by atoms with van der Waals surface area (Å²) in [6.07, 6.45) is 0. The Kier molecular flexibility index (Phi) is 6.71. The fraction of sp³-hybridized carbons (Fsp3) is 0.438. The molecule has 0 aromatic heterocycles. The Bertz CT molecular complexity index is 582. The van der Waals surface area contributed by atoms with Gasteiger partial charge in [0.25, 0.3) is 0 Å². The van der Waals surface area contributed by atoms with Crippen molar-refractivity contribution in [2.75, 3.05) is 51.8 Å². The van der Waals surface area contributed by atoms with Gasteiger partial charge in [-0.2, -0.15) is 0 Å². The lowest BCUT2D eigenvalue weighted by atomic mass is 10.2. The maximum atomic E-state index is 11.8. The summed E-state index contributed by atoms with van der Waals surface area (Å²) < 4.78 is 9.83. The Morgan fingerprint density at radius 1 is 1.12 bits per heavy atom. The Balaban J connectivity index is 1.74. The highest BCUT2D eigenvalue weighted by molar-refractivity contribution is 6.39. The molecule has 1 aromatic rings. The van der Waals surface area contributed by atoms with Crippen molar-refractivity contribution < 1.29 is 23.9 Å². The lowest BCUT2D eigenvalue weighted by Gasteiger charge is -2.26. The highest BCUT2D eigenvalue weighted by atomic mass is 16.5. The third-order valence-corrected chi connectivity index (χ3v) is 3.59. The van der Waals surface area contributed by atoms with Crippen LogP contribution in [0.15, 0.2) is 24.3 Å². The molecule has 0 unspecified atom stereocenters. The first-order valence-corrected chi connectivity index (χ1v) is 7.68. The van der Waals surface area contributed by atoms with Crippen LogP contribution in [-0.2, 0) is 19.1 Å².